The summed E-state index contributed by atoms with van der Waals surface area (Å²) in [5.41, 5.74) is 5.65. The number of ether oxygens (including phenoxy) is 1. The lowest BCUT2D eigenvalue weighted by Gasteiger charge is -2.30. The summed E-state index contributed by atoms with van der Waals surface area (Å²) >= 11 is 0. The number of aromatic amines is 1. The Bertz CT molecular complexity index is 1080. The van der Waals surface area contributed by atoms with Crippen LogP contribution in [0.4, 0.5) is 29.5 Å². The maximum Gasteiger partial charge on any atom is 0.416 e. The quantitative estimate of drug-likeness (QED) is 0.616. The van der Waals surface area contributed by atoms with Crippen molar-refractivity contribution in [1.29, 1.82) is 0 Å². The third kappa shape index (κ3) is 4.49. The Hall–Kier alpha value is -3.28. The summed E-state index contributed by atoms with van der Waals surface area (Å²) in [4.78, 5) is 34.8. The van der Waals surface area contributed by atoms with E-state index in [4.69, 9.17) is 10.5 Å². The second-order valence-corrected chi connectivity index (χ2v) is 7.84. The first kappa shape index (κ1) is 21.9. The predicted octanol–water partition coefficient (Wildman–Crippen LogP) is 2.31. The van der Waals surface area contributed by atoms with E-state index in [0.29, 0.717) is 43.1 Å². The molecule has 2 aliphatic rings. The molecule has 2 amide bonds. The van der Waals surface area contributed by atoms with Crippen LogP contribution in [0.2, 0.25) is 0 Å². The van der Waals surface area contributed by atoms with E-state index < -0.39 is 23.5 Å². The average Bonchev–Trinajstić information content (AvgIpc) is 3.17. The number of nitrogen functional groups attached to an aromatic ring is 1. The third-order valence-electron chi connectivity index (χ3n) is 5.53. The van der Waals surface area contributed by atoms with Crippen LogP contribution >= 0.6 is 0 Å². The number of alkyl halides is 3. The number of urea groups is 1. The van der Waals surface area contributed by atoms with E-state index in [1.165, 1.54) is 6.07 Å². The topological polar surface area (TPSA) is 117 Å². The minimum atomic E-state index is -4.53. The zero-order valence-electron chi connectivity index (χ0n) is 17.3. The number of hydrogen-bond donors (Lipinski definition) is 3. The molecule has 1 saturated heterocycles. The van der Waals surface area contributed by atoms with E-state index in [1.54, 1.807) is 16.7 Å². The molecule has 0 radical (unpaired) electrons. The summed E-state index contributed by atoms with van der Waals surface area (Å²) in [7, 11) is 0. The highest BCUT2D eigenvalue weighted by Gasteiger charge is 2.33. The number of halogens is 3. The molecule has 172 valence electrons. The summed E-state index contributed by atoms with van der Waals surface area (Å²) in [5.74, 6) is 0.226. The second kappa shape index (κ2) is 8.34. The Morgan fingerprint density at radius 3 is 2.62 bits per heavy atom. The van der Waals surface area contributed by atoms with Gasteiger partial charge in [-0.15, -0.1) is 0 Å². The van der Waals surface area contributed by atoms with Crippen molar-refractivity contribution in [2.75, 3.05) is 37.4 Å². The zero-order valence-corrected chi connectivity index (χ0v) is 17.3. The van der Waals surface area contributed by atoms with E-state index in [1.807, 2.05) is 0 Å². The van der Waals surface area contributed by atoms with Gasteiger partial charge in [0.05, 0.1) is 37.9 Å². The Labute approximate surface area is 181 Å². The molecule has 3 heterocycles. The Balaban J connectivity index is 1.56. The molecular formula is C20H23F3N6O3. The number of aromatic nitrogens is 2. The first-order valence-electron chi connectivity index (χ1n) is 10.1. The number of carbonyl (C=O) groups excluding carboxylic acids is 1. The van der Waals surface area contributed by atoms with Gasteiger partial charge >= 0.3 is 17.9 Å². The van der Waals surface area contributed by atoms with Gasteiger partial charge in [0.1, 0.15) is 5.82 Å². The molecule has 2 aromatic rings. The highest BCUT2D eigenvalue weighted by molar-refractivity contribution is 5.76. The van der Waals surface area contributed by atoms with Gasteiger partial charge in [-0.3, -0.25) is 0 Å². The number of anilines is 2. The lowest BCUT2D eigenvalue weighted by Crippen LogP contribution is -2.46. The van der Waals surface area contributed by atoms with Crippen molar-refractivity contribution in [2.24, 2.45) is 0 Å². The van der Waals surface area contributed by atoms with E-state index >= 15 is 0 Å². The lowest BCUT2D eigenvalue weighted by molar-refractivity contribution is -0.137. The number of hydrogen-bond acceptors (Lipinski definition) is 6. The molecule has 0 unspecified atom stereocenters. The van der Waals surface area contributed by atoms with Gasteiger partial charge in [-0.25, -0.2) is 9.59 Å². The van der Waals surface area contributed by atoms with Crippen molar-refractivity contribution in [3.8, 4) is 0 Å². The fourth-order valence-electron chi connectivity index (χ4n) is 3.88. The first-order chi connectivity index (χ1) is 15.1. The van der Waals surface area contributed by atoms with Crippen LogP contribution < -0.4 is 16.7 Å². The molecule has 12 heteroatoms. The van der Waals surface area contributed by atoms with Crippen molar-refractivity contribution in [3.63, 3.8) is 0 Å². The third-order valence-corrected chi connectivity index (χ3v) is 5.53. The Morgan fingerprint density at radius 1 is 1.22 bits per heavy atom. The van der Waals surface area contributed by atoms with Gasteiger partial charge in [0.15, 0.2) is 0 Å². The standard InChI is InChI=1S/C20H23F3N6O3/c1-11(12-6-13(20(21,22)23)8-14(24)7-12)25-17-15-9-29(10-16(15)26-18(30)27-17)19(31)28-2-4-32-5-3-28/h6-8,11H,2-5,9-10,24H2,1H3,(H2,25,26,27,30)/t11-/m1/s1. The van der Waals surface area contributed by atoms with Crippen LogP contribution in [0.15, 0.2) is 23.0 Å². The minimum Gasteiger partial charge on any atom is -0.399 e. The molecule has 4 N–H and O–H groups in total. The number of amides is 2. The minimum absolute atomic E-state index is 0.0187. The van der Waals surface area contributed by atoms with Crippen molar-refractivity contribution >= 4 is 17.5 Å². The smallest absolute Gasteiger partial charge is 0.399 e. The van der Waals surface area contributed by atoms with Crippen molar-refractivity contribution in [2.45, 2.75) is 32.2 Å². The summed E-state index contributed by atoms with van der Waals surface area (Å²) in [6.07, 6.45) is -4.53. The molecule has 1 aromatic carbocycles. The molecule has 0 saturated carbocycles. The number of H-pyrrole nitrogens is 1. The van der Waals surface area contributed by atoms with Gasteiger partial charge in [0.2, 0.25) is 0 Å². The summed E-state index contributed by atoms with van der Waals surface area (Å²) in [6, 6.07) is 2.52. The SMILES string of the molecule is C[C@@H](Nc1nc(=O)[nH]c2c1CN(C(=O)N1CCOCC1)C2)c1cc(N)cc(C(F)(F)F)c1. The molecule has 1 atom stereocenters. The van der Waals surface area contributed by atoms with Crippen LogP contribution in [0, 0.1) is 0 Å². The number of fused-ring (bicyclic) bond motifs is 1. The van der Waals surface area contributed by atoms with Crippen LogP contribution in [-0.4, -0.2) is 52.1 Å². The van der Waals surface area contributed by atoms with Crippen LogP contribution in [-0.2, 0) is 24.0 Å². The fourth-order valence-corrected chi connectivity index (χ4v) is 3.88. The summed E-state index contributed by atoms with van der Waals surface area (Å²) in [5, 5.41) is 3.02. The Kier molecular flexibility index (Phi) is 5.71. The normalized spacial score (nSPS) is 17.2. The molecule has 32 heavy (non-hydrogen) atoms. The first-order valence-corrected chi connectivity index (χ1v) is 10.1. The van der Waals surface area contributed by atoms with Gasteiger partial charge in [-0.05, 0) is 30.7 Å². The maximum absolute atomic E-state index is 13.2. The summed E-state index contributed by atoms with van der Waals surface area (Å²) < 4.78 is 44.8. The number of nitrogens with one attached hydrogen (secondary N) is 2. The largest absolute Gasteiger partial charge is 0.416 e. The van der Waals surface area contributed by atoms with Crippen LogP contribution in [0.5, 0.6) is 0 Å². The number of nitrogens with zero attached hydrogens (tertiary/aromatic N) is 3. The average molecular weight is 452 g/mol. The van der Waals surface area contributed by atoms with Crippen LogP contribution in [0.1, 0.15) is 35.3 Å². The summed E-state index contributed by atoms with van der Waals surface area (Å²) in [6.45, 7) is 3.98. The van der Waals surface area contributed by atoms with E-state index in [2.05, 4.69) is 15.3 Å². The zero-order chi connectivity index (χ0) is 23.0. The second-order valence-electron chi connectivity index (χ2n) is 7.84. The van der Waals surface area contributed by atoms with Crippen molar-refractivity contribution < 1.29 is 22.7 Å². The molecule has 0 spiro atoms. The molecule has 2 aliphatic heterocycles. The number of morpholine rings is 1. The van der Waals surface area contributed by atoms with E-state index in [9.17, 15) is 22.8 Å². The van der Waals surface area contributed by atoms with Gasteiger partial charge in [0.25, 0.3) is 0 Å². The van der Waals surface area contributed by atoms with Crippen molar-refractivity contribution in [3.05, 3.63) is 51.1 Å². The highest BCUT2D eigenvalue weighted by Crippen LogP contribution is 2.34. The molecule has 1 aromatic heterocycles. The molecule has 0 bridgehead atoms. The van der Waals surface area contributed by atoms with Gasteiger partial charge < -0.3 is 30.6 Å². The van der Waals surface area contributed by atoms with Crippen LogP contribution in [0.25, 0.3) is 0 Å². The van der Waals surface area contributed by atoms with Crippen molar-refractivity contribution in [1.82, 2.24) is 19.8 Å². The fraction of sp³-hybridized carbons (Fsp3) is 0.450. The monoisotopic (exact) mass is 452 g/mol. The predicted molar refractivity (Wildman–Crippen MR) is 110 cm³/mol. The maximum atomic E-state index is 13.2. The number of rotatable bonds is 3. The van der Waals surface area contributed by atoms with Gasteiger partial charge in [0, 0.05) is 30.0 Å². The lowest BCUT2D eigenvalue weighted by atomic mass is 10.0. The Morgan fingerprint density at radius 2 is 1.94 bits per heavy atom. The molecule has 1 fully saturated rings. The molecular weight excluding hydrogens is 429 g/mol. The molecule has 4 rings (SSSR count). The number of carbonyl (C=O) groups is 1. The van der Waals surface area contributed by atoms with E-state index in [-0.39, 0.29) is 30.6 Å². The molecule has 0 aliphatic carbocycles. The van der Waals surface area contributed by atoms with Gasteiger partial charge in [-0.1, -0.05) is 0 Å². The number of benzene rings is 1. The highest BCUT2D eigenvalue weighted by atomic mass is 19.4. The van der Waals surface area contributed by atoms with E-state index in [0.717, 1.165) is 12.1 Å². The van der Waals surface area contributed by atoms with Crippen LogP contribution in [0.3, 0.4) is 0 Å². The number of nitrogens with two attached hydrogens (primary N) is 1. The van der Waals surface area contributed by atoms with Gasteiger partial charge in [-0.2, -0.15) is 18.2 Å². The molecule has 9 nitrogen and oxygen atoms in total.